The lowest BCUT2D eigenvalue weighted by Gasteiger charge is -2.14. The quantitative estimate of drug-likeness (QED) is 0.571. The molecule has 0 radical (unpaired) electrons. The molecule has 7 nitrogen and oxygen atoms in total. The Kier molecular flexibility index (Phi) is 5.51. The van der Waals surface area contributed by atoms with Crippen LogP contribution in [0.3, 0.4) is 0 Å². The molecule has 0 fully saturated rings. The average molecular weight is 345 g/mol. The second-order valence-corrected chi connectivity index (χ2v) is 4.99. The van der Waals surface area contributed by atoms with Crippen molar-refractivity contribution in [1.82, 2.24) is 5.32 Å². The van der Waals surface area contributed by atoms with E-state index in [0.29, 0.717) is 10.2 Å². The first-order valence-corrected chi connectivity index (χ1v) is 6.40. The highest BCUT2D eigenvalue weighted by molar-refractivity contribution is 9.10. The molecule has 1 rings (SSSR count). The van der Waals surface area contributed by atoms with E-state index in [2.05, 4.69) is 21.2 Å². The number of amides is 1. The molecule has 0 aromatic heterocycles. The van der Waals surface area contributed by atoms with Crippen molar-refractivity contribution in [3.05, 3.63) is 28.2 Å². The Balaban J connectivity index is 2.79. The van der Waals surface area contributed by atoms with Crippen LogP contribution in [-0.4, -0.2) is 34.1 Å². The van der Waals surface area contributed by atoms with Crippen molar-refractivity contribution in [3.8, 4) is 0 Å². The van der Waals surface area contributed by atoms with Crippen LogP contribution in [0.25, 0.3) is 0 Å². The Morgan fingerprint density at radius 3 is 2.40 bits per heavy atom. The van der Waals surface area contributed by atoms with Gasteiger partial charge in [-0.15, -0.1) is 0 Å². The molecule has 0 saturated carbocycles. The highest BCUT2D eigenvalue weighted by Crippen LogP contribution is 2.17. The summed E-state index contributed by atoms with van der Waals surface area (Å²) in [6.45, 7) is 0. The Morgan fingerprint density at radius 1 is 1.25 bits per heavy atom. The summed E-state index contributed by atoms with van der Waals surface area (Å²) in [4.78, 5) is 33.3. The zero-order valence-corrected chi connectivity index (χ0v) is 11.9. The van der Waals surface area contributed by atoms with Crippen LogP contribution in [0.2, 0.25) is 0 Å². The number of hydrogen-bond donors (Lipinski definition) is 4. The predicted molar refractivity (Wildman–Crippen MR) is 74.3 cm³/mol. The molecule has 1 aromatic rings. The van der Waals surface area contributed by atoms with Gasteiger partial charge in [0.25, 0.3) is 5.91 Å². The minimum atomic E-state index is -1.29. The molecule has 0 aliphatic carbocycles. The molecule has 20 heavy (non-hydrogen) atoms. The van der Waals surface area contributed by atoms with Crippen molar-refractivity contribution in [2.75, 3.05) is 5.73 Å². The topological polar surface area (TPSA) is 130 Å². The van der Waals surface area contributed by atoms with Crippen LogP contribution in [0.5, 0.6) is 0 Å². The number of benzene rings is 1. The van der Waals surface area contributed by atoms with Crippen molar-refractivity contribution < 1.29 is 24.6 Å². The number of aliphatic carboxylic acids is 2. The smallest absolute Gasteiger partial charge is 0.326 e. The maximum Gasteiger partial charge on any atom is 0.326 e. The number of carboxylic acid groups (broad SMARTS) is 2. The van der Waals surface area contributed by atoms with Crippen LogP contribution < -0.4 is 11.1 Å². The zero-order chi connectivity index (χ0) is 15.3. The molecule has 0 bridgehead atoms. The monoisotopic (exact) mass is 344 g/mol. The first kappa shape index (κ1) is 16.0. The summed E-state index contributed by atoms with van der Waals surface area (Å²) in [5, 5.41) is 19.8. The van der Waals surface area contributed by atoms with Gasteiger partial charge in [-0.05, 0) is 24.6 Å². The fourth-order valence-corrected chi connectivity index (χ4v) is 2.02. The van der Waals surface area contributed by atoms with Gasteiger partial charge in [0.15, 0.2) is 0 Å². The third-order valence-corrected chi connectivity index (χ3v) is 2.89. The molecule has 1 atom stereocenters. The van der Waals surface area contributed by atoms with Gasteiger partial charge in [0, 0.05) is 22.1 Å². The number of anilines is 1. The van der Waals surface area contributed by atoms with Gasteiger partial charge in [-0.3, -0.25) is 9.59 Å². The van der Waals surface area contributed by atoms with Crippen molar-refractivity contribution in [2.24, 2.45) is 0 Å². The Labute approximate surface area is 122 Å². The number of nitrogens with two attached hydrogens (primary N) is 1. The van der Waals surface area contributed by atoms with E-state index in [0.717, 1.165) is 0 Å². The third-order valence-electron chi connectivity index (χ3n) is 2.43. The minimum Gasteiger partial charge on any atom is -0.481 e. The number of halogens is 1. The molecule has 0 heterocycles. The number of carbonyl (C=O) groups is 3. The molecule has 0 aliphatic heterocycles. The lowest BCUT2D eigenvalue weighted by molar-refractivity contribution is -0.140. The van der Waals surface area contributed by atoms with Gasteiger partial charge < -0.3 is 21.3 Å². The van der Waals surface area contributed by atoms with Crippen LogP contribution in [0, 0.1) is 0 Å². The lowest BCUT2D eigenvalue weighted by atomic mass is 10.1. The number of nitrogen functional groups attached to an aromatic ring is 1. The fourth-order valence-electron chi connectivity index (χ4n) is 1.51. The summed E-state index contributed by atoms with van der Waals surface area (Å²) >= 11 is 3.17. The largest absolute Gasteiger partial charge is 0.481 e. The second-order valence-electron chi connectivity index (χ2n) is 4.07. The van der Waals surface area contributed by atoms with Gasteiger partial charge in [0.05, 0.1) is 0 Å². The summed E-state index contributed by atoms with van der Waals surface area (Å²) in [7, 11) is 0. The molecule has 0 aliphatic rings. The minimum absolute atomic E-state index is 0.193. The highest BCUT2D eigenvalue weighted by atomic mass is 79.9. The lowest BCUT2D eigenvalue weighted by Crippen LogP contribution is -2.41. The van der Waals surface area contributed by atoms with Crippen molar-refractivity contribution in [1.29, 1.82) is 0 Å². The van der Waals surface area contributed by atoms with Crippen LogP contribution in [0.4, 0.5) is 5.69 Å². The molecule has 1 amide bonds. The van der Waals surface area contributed by atoms with Crippen LogP contribution in [0.1, 0.15) is 23.2 Å². The summed E-state index contributed by atoms with van der Waals surface area (Å²) in [5.41, 5.74) is 6.12. The fraction of sp³-hybridized carbons (Fsp3) is 0.250. The molecule has 0 spiro atoms. The summed E-state index contributed by atoms with van der Waals surface area (Å²) < 4.78 is 0.583. The number of hydrogen-bond acceptors (Lipinski definition) is 4. The summed E-state index contributed by atoms with van der Waals surface area (Å²) in [6.07, 6.45) is -0.544. The van der Waals surface area contributed by atoms with Crippen LogP contribution in [0.15, 0.2) is 22.7 Å². The maximum absolute atomic E-state index is 11.9. The maximum atomic E-state index is 11.9. The number of carbonyl (C=O) groups excluding carboxylic acids is 1. The molecular formula is C12H13BrN2O5. The second kappa shape index (κ2) is 6.90. The predicted octanol–water partition coefficient (Wildman–Crippen LogP) is 1.08. The van der Waals surface area contributed by atoms with Crippen LogP contribution >= 0.6 is 15.9 Å². The molecule has 1 unspecified atom stereocenters. The van der Waals surface area contributed by atoms with Gasteiger partial charge in [0.1, 0.15) is 6.04 Å². The number of carboxylic acids is 2. The SMILES string of the molecule is Nc1cc(Br)cc(C(=O)NC(CCC(=O)O)C(=O)O)c1. The van der Waals surface area contributed by atoms with Gasteiger partial charge in [0.2, 0.25) is 0 Å². The standard InChI is InChI=1S/C12H13BrN2O5/c13-7-3-6(4-8(14)5-7)11(18)15-9(12(19)20)1-2-10(16)17/h3-5,9H,1-2,14H2,(H,15,18)(H,16,17)(H,19,20). The average Bonchev–Trinajstić information content (AvgIpc) is 2.32. The summed E-state index contributed by atoms with van der Waals surface area (Å²) in [6, 6.07) is 3.22. The number of nitrogens with one attached hydrogen (secondary N) is 1. The van der Waals surface area contributed by atoms with Crippen molar-refractivity contribution in [2.45, 2.75) is 18.9 Å². The van der Waals surface area contributed by atoms with E-state index in [1.807, 2.05) is 0 Å². The van der Waals surface area contributed by atoms with Crippen molar-refractivity contribution in [3.63, 3.8) is 0 Å². The first-order chi connectivity index (χ1) is 9.29. The Bertz CT molecular complexity index is 526. The van der Waals surface area contributed by atoms with Crippen molar-refractivity contribution >= 4 is 39.5 Å². The molecule has 5 N–H and O–H groups in total. The molecule has 0 saturated heterocycles. The Morgan fingerprint density at radius 2 is 1.90 bits per heavy atom. The Hall–Kier alpha value is -2.09. The van der Waals surface area contributed by atoms with E-state index in [4.69, 9.17) is 15.9 Å². The van der Waals surface area contributed by atoms with E-state index >= 15 is 0 Å². The number of rotatable bonds is 6. The van der Waals surface area contributed by atoms with Gasteiger partial charge in [-0.25, -0.2) is 4.79 Å². The molecular weight excluding hydrogens is 332 g/mol. The molecule has 108 valence electrons. The highest BCUT2D eigenvalue weighted by Gasteiger charge is 2.21. The van der Waals surface area contributed by atoms with Gasteiger partial charge >= 0.3 is 11.9 Å². The third kappa shape index (κ3) is 4.88. The van der Waals surface area contributed by atoms with E-state index in [-0.39, 0.29) is 18.4 Å². The zero-order valence-electron chi connectivity index (χ0n) is 10.3. The van der Waals surface area contributed by atoms with Crippen LogP contribution in [-0.2, 0) is 9.59 Å². The normalized spacial score (nSPS) is 11.7. The van der Waals surface area contributed by atoms with Gasteiger partial charge in [-0.2, -0.15) is 0 Å². The summed E-state index contributed by atoms with van der Waals surface area (Å²) in [5.74, 6) is -3.05. The van der Waals surface area contributed by atoms with E-state index in [1.54, 1.807) is 6.07 Å². The van der Waals surface area contributed by atoms with E-state index in [1.165, 1.54) is 12.1 Å². The molecule has 1 aromatic carbocycles. The molecule has 8 heteroatoms. The first-order valence-electron chi connectivity index (χ1n) is 5.61. The van der Waals surface area contributed by atoms with E-state index < -0.39 is 23.9 Å². The van der Waals surface area contributed by atoms with E-state index in [9.17, 15) is 14.4 Å². The van der Waals surface area contributed by atoms with Gasteiger partial charge in [-0.1, -0.05) is 15.9 Å².